The third-order valence-corrected chi connectivity index (χ3v) is 2.61. The maximum atomic E-state index is 12.8. The van der Waals surface area contributed by atoms with Crippen molar-refractivity contribution in [2.45, 2.75) is 13.5 Å². The first-order chi connectivity index (χ1) is 9.54. The van der Waals surface area contributed by atoms with Crippen LogP contribution < -0.4 is 16.4 Å². The molecule has 0 radical (unpaired) electrons. The number of nitrogens with zero attached hydrogens (tertiary/aromatic N) is 1. The van der Waals surface area contributed by atoms with Crippen LogP contribution in [-0.4, -0.2) is 10.9 Å². The largest absolute Gasteiger partial charge is 0.396 e. The Morgan fingerprint density at radius 2 is 1.95 bits per heavy atom. The molecule has 0 aliphatic rings. The Hall–Kier alpha value is -2.63. The van der Waals surface area contributed by atoms with Gasteiger partial charge in [-0.2, -0.15) is 0 Å². The third kappa shape index (κ3) is 3.68. The van der Waals surface area contributed by atoms with Crippen LogP contribution in [0.5, 0.6) is 0 Å². The number of hydrogen-bond acceptors (Lipinski definition) is 4. The molecule has 1 amide bonds. The van der Waals surface area contributed by atoms with E-state index in [-0.39, 0.29) is 11.7 Å². The monoisotopic (exact) mass is 274 g/mol. The van der Waals surface area contributed by atoms with Crippen molar-refractivity contribution in [3.05, 3.63) is 47.8 Å². The molecule has 0 unspecified atom stereocenters. The van der Waals surface area contributed by atoms with Crippen LogP contribution in [0, 0.1) is 5.82 Å². The highest BCUT2D eigenvalue weighted by Gasteiger charge is 2.04. The molecule has 5 nitrogen and oxygen atoms in total. The van der Waals surface area contributed by atoms with Crippen LogP contribution in [0.2, 0.25) is 0 Å². The van der Waals surface area contributed by atoms with Gasteiger partial charge in [0.25, 0.3) is 0 Å². The molecule has 4 N–H and O–H groups in total. The van der Waals surface area contributed by atoms with Gasteiger partial charge in [-0.1, -0.05) is 12.1 Å². The first-order valence-electron chi connectivity index (χ1n) is 6.07. The molecular weight excluding hydrogens is 259 g/mol. The minimum atomic E-state index is -0.271. The van der Waals surface area contributed by atoms with Crippen LogP contribution in [0.25, 0.3) is 0 Å². The Morgan fingerprint density at radius 1 is 1.25 bits per heavy atom. The lowest BCUT2D eigenvalue weighted by atomic mass is 10.2. The van der Waals surface area contributed by atoms with Crippen molar-refractivity contribution in [2.75, 3.05) is 16.4 Å². The fraction of sp³-hybridized carbons (Fsp3) is 0.143. The van der Waals surface area contributed by atoms with Crippen molar-refractivity contribution in [2.24, 2.45) is 0 Å². The third-order valence-electron chi connectivity index (χ3n) is 2.61. The van der Waals surface area contributed by atoms with Crippen LogP contribution in [0.1, 0.15) is 12.5 Å². The maximum absolute atomic E-state index is 12.8. The summed E-state index contributed by atoms with van der Waals surface area (Å²) in [6, 6.07) is 9.55. The van der Waals surface area contributed by atoms with E-state index in [2.05, 4.69) is 15.6 Å². The summed E-state index contributed by atoms with van der Waals surface area (Å²) in [5.41, 5.74) is 7.03. The molecule has 0 saturated carbocycles. The number of nitrogens with two attached hydrogens (primary N) is 1. The maximum Gasteiger partial charge on any atom is 0.222 e. The number of rotatable bonds is 4. The molecule has 0 aliphatic carbocycles. The van der Waals surface area contributed by atoms with Crippen molar-refractivity contribution in [3.8, 4) is 0 Å². The van der Waals surface area contributed by atoms with Crippen LogP contribution in [-0.2, 0) is 11.3 Å². The lowest BCUT2D eigenvalue weighted by Gasteiger charge is -2.10. The van der Waals surface area contributed by atoms with E-state index in [1.54, 1.807) is 24.3 Å². The summed E-state index contributed by atoms with van der Waals surface area (Å²) in [4.78, 5) is 15.2. The van der Waals surface area contributed by atoms with Crippen molar-refractivity contribution < 1.29 is 9.18 Å². The van der Waals surface area contributed by atoms with E-state index in [0.29, 0.717) is 23.9 Å². The van der Waals surface area contributed by atoms with E-state index in [9.17, 15) is 9.18 Å². The molecule has 20 heavy (non-hydrogen) atoms. The smallest absolute Gasteiger partial charge is 0.222 e. The van der Waals surface area contributed by atoms with E-state index in [4.69, 9.17) is 5.73 Å². The number of nitrogen functional groups attached to an aromatic ring is 1. The zero-order chi connectivity index (χ0) is 14.5. The van der Waals surface area contributed by atoms with Gasteiger partial charge in [0, 0.05) is 13.5 Å². The van der Waals surface area contributed by atoms with Crippen LogP contribution in [0.3, 0.4) is 0 Å². The highest BCUT2D eigenvalue weighted by molar-refractivity contribution is 5.90. The van der Waals surface area contributed by atoms with E-state index in [1.807, 2.05) is 0 Å². The van der Waals surface area contributed by atoms with Crippen LogP contribution in [0.15, 0.2) is 36.4 Å². The molecular formula is C14H15FN4O. The van der Waals surface area contributed by atoms with Gasteiger partial charge >= 0.3 is 0 Å². The van der Waals surface area contributed by atoms with E-state index >= 15 is 0 Å². The standard InChI is InChI=1S/C14H15FN4O/c1-9(20)18-14-12(16)6-7-13(19-14)17-8-10-2-4-11(15)5-3-10/h2-7H,8,16H2,1H3,(H2,17,18,19,20). The van der Waals surface area contributed by atoms with Gasteiger partial charge < -0.3 is 16.4 Å². The topological polar surface area (TPSA) is 80.0 Å². The number of nitrogens with one attached hydrogen (secondary N) is 2. The van der Waals surface area contributed by atoms with Crippen molar-refractivity contribution in [1.29, 1.82) is 0 Å². The Balaban J connectivity index is 2.06. The first-order valence-corrected chi connectivity index (χ1v) is 6.07. The summed E-state index contributed by atoms with van der Waals surface area (Å²) in [5, 5.41) is 5.64. The average molecular weight is 274 g/mol. The second-order valence-electron chi connectivity index (χ2n) is 4.30. The van der Waals surface area contributed by atoms with Crippen molar-refractivity contribution in [1.82, 2.24) is 4.98 Å². The molecule has 2 aromatic rings. The fourth-order valence-electron chi connectivity index (χ4n) is 1.63. The van der Waals surface area contributed by atoms with Crippen LogP contribution in [0.4, 0.5) is 21.7 Å². The molecule has 6 heteroatoms. The summed E-state index contributed by atoms with van der Waals surface area (Å²) < 4.78 is 12.8. The predicted octanol–water partition coefficient (Wildman–Crippen LogP) is 2.37. The number of carbonyl (C=O) groups is 1. The molecule has 0 spiro atoms. The molecule has 0 atom stereocenters. The molecule has 1 heterocycles. The lowest BCUT2D eigenvalue weighted by molar-refractivity contribution is -0.114. The molecule has 1 aromatic carbocycles. The zero-order valence-corrected chi connectivity index (χ0v) is 11.0. The molecule has 0 saturated heterocycles. The lowest BCUT2D eigenvalue weighted by Crippen LogP contribution is -2.11. The molecule has 2 rings (SSSR count). The number of pyridine rings is 1. The summed E-state index contributed by atoms with van der Waals surface area (Å²) in [6.07, 6.45) is 0. The molecule has 0 bridgehead atoms. The van der Waals surface area contributed by atoms with E-state index in [1.165, 1.54) is 19.1 Å². The van der Waals surface area contributed by atoms with Gasteiger partial charge in [0.15, 0.2) is 5.82 Å². The normalized spacial score (nSPS) is 10.1. The number of aromatic nitrogens is 1. The highest BCUT2D eigenvalue weighted by atomic mass is 19.1. The Morgan fingerprint density at radius 3 is 2.60 bits per heavy atom. The van der Waals surface area contributed by atoms with Gasteiger partial charge in [-0.15, -0.1) is 0 Å². The summed E-state index contributed by atoms with van der Waals surface area (Å²) in [7, 11) is 0. The molecule has 0 aliphatic heterocycles. The summed E-state index contributed by atoms with van der Waals surface area (Å²) >= 11 is 0. The number of amides is 1. The minimum Gasteiger partial charge on any atom is -0.396 e. The van der Waals surface area contributed by atoms with Crippen LogP contribution >= 0.6 is 0 Å². The summed E-state index contributed by atoms with van der Waals surface area (Å²) in [5.74, 6) is 0.390. The number of anilines is 3. The second kappa shape index (κ2) is 6.01. The van der Waals surface area contributed by atoms with Gasteiger partial charge in [0.1, 0.15) is 11.6 Å². The predicted molar refractivity (Wildman–Crippen MR) is 76.7 cm³/mol. The number of halogens is 1. The SMILES string of the molecule is CC(=O)Nc1nc(NCc2ccc(F)cc2)ccc1N. The van der Waals surface area contributed by atoms with Gasteiger partial charge in [-0.05, 0) is 29.8 Å². The zero-order valence-electron chi connectivity index (χ0n) is 11.0. The van der Waals surface area contributed by atoms with Crippen molar-refractivity contribution in [3.63, 3.8) is 0 Å². The molecule has 104 valence electrons. The van der Waals surface area contributed by atoms with Gasteiger partial charge in [0.05, 0.1) is 5.69 Å². The molecule has 0 fully saturated rings. The summed E-state index contributed by atoms with van der Waals surface area (Å²) in [6.45, 7) is 1.89. The van der Waals surface area contributed by atoms with Gasteiger partial charge in [-0.25, -0.2) is 9.37 Å². The number of carbonyl (C=O) groups excluding carboxylic acids is 1. The quantitative estimate of drug-likeness (QED) is 0.799. The Labute approximate surface area is 116 Å². The van der Waals surface area contributed by atoms with E-state index in [0.717, 1.165) is 5.56 Å². The minimum absolute atomic E-state index is 0.236. The van der Waals surface area contributed by atoms with Gasteiger partial charge in [0.2, 0.25) is 5.91 Å². The number of hydrogen-bond donors (Lipinski definition) is 3. The Kier molecular flexibility index (Phi) is 4.14. The Bertz CT molecular complexity index is 613. The second-order valence-corrected chi connectivity index (χ2v) is 4.30. The van der Waals surface area contributed by atoms with E-state index < -0.39 is 0 Å². The highest BCUT2D eigenvalue weighted by Crippen LogP contribution is 2.18. The van der Waals surface area contributed by atoms with Crippen molar-refractivity contribution >= 4 is 23.2 Å². The first kappa shape index (κ1) is 13.8. The number of benzene rings is 1. The average Bonchev–Trinajstić information content (AvgIpc) is 2.41. The molecule has 1 aromatic heterocycles. The van der Waals surface area contributed by atoms with Gasteiger partial charge in [-0.3, -0.25) is 4.79 Å². The fourth-order valence-corrected chi connectivity index (χ4v) is 1.63.